The molecule has 0 amide bonds. The van der Waals surface area contributed by atoms with E-state index in [9.17, 15) is 5.11 Å². The van der Waals surface area contributed by atoms with E-state index in [0.29, 0.717) is 12.0 Å². The molecule has 0 aromatic rings. The summed E-state index contributed by atoms with van der Waals surface area (Å²) in [6.45, 7) is 2.82. The molecule has 1 heterocycles. The lowest BCUT2D eigenvalue weighted by atomic mass is 10.0. The Balaban J connectivity index is 1.78. The van der Waals surface area contributed by atoms with Crippen molar-refractivity contribution in [2.45, 2.75) is 37.8 Å². The summed E-state index contributed by atoms with van der Waals surface area (Å²) < 4.78 is 5.37. The molecule has 3 unspecified atom stereocenters. The Morgan fingerprint density at radius 1 is 1.36 bits per heavy atom. The van der Waals surface area contributed by atoms with Crippen LogP contribution in [-0.2, 0) is 4.74 Å². The highest BCUT2D eigenvalue weighted by molar-refractivity contribution is 4.82. The Morgan fingerprint density at radius 2 is 2.21 bits per heavy atom. The van der Waals surface area contributed by atoms with E-state index in [-0.39, 0.29) is 6.10 Å². The normalized spacial score (nSPS) is 38.4. The summed E-state index contributed by atoms with van der Waals surface area (Å²) >= 11 is 0. The van der Waals surface area contributed by atoms with E-state index < -0.39 is 0 Å². The topological polar surface area (TPSA) is 32.7 Å². The molecule has 0 radical (unpaired) electrons. The number of aliphatic hydroxyl groups excluding tert-OH is 1. The van der Waals surface area contributed by atoms with Gasteiger partial charge in [0, 0.05) is 19.2 Å². The average molecular weight is 199 g/mol. The van der Waals surface area contributed by atoms with Crippen molar-refractivity contribution in [3.63, 3.8) is 0 Å². The molecule has 1 aliphatic heterocycles. The molecule has 3 nitrogen and oxygen atoms in total. The molecular weight excluding hydrogens is 178 g/mol. The first-order chi connectivity index (χ1) is 6.77. The predicted octanol–water partition coefficient (Wildman–Crippen LogP) is 0.868. The predicted molar refractivity (Wildman–Crippen MR) is 55.2 cm³/mol. The zero-order chi connectivity index (χ0) is 9.97. The lowest BCUT2D eigenvalue weighted by Crippen LogP contribution is -2.37. The second-order valence-corrected chi connectivity index (χ2v) is 4.72. The number of aliphatic hydroxyl groups is 1. The number of rotatable bonds is 3. The third kappa shape index (κ3) is 2.27. The van der Waals surface area contributed by atoms with Crippen LogP contribution in [0.3, 0.4) is 0 Å². The summed E-state index contributed by atoms with van der Waals surface area (Å²) in [7, 11) is 2.16. The van der Waals surface area contributed by atoms with Crippen LogP contribution in [0.15, 0.2) is 0 Å². The molecule has 1 saturated heterocycles. The van der Waals surface area contributed by atoms with Crippen molar-refractivity contribution in [1.29, 1.82) is 0 Å². The third-order valence-electron chi connectivity index (χ3n) is 3.67. The van der Waals surface area contributed by atoms with Crippen molar-refractivity contribution in [2.75, 3.05) is 26.8 Å². The summed E-state index contributed by atoms with van der Waals surface area (Å²) in [5, 5.41) is 9.72. The van der Waals surface area contributed by atoms with Crippen molar-refractivity contribution in [1.82, 2.24) is 4.90 Å². The van der Waals surface area contributed by atoms with Gasteiger partial charge in [-0.3, -0.25) is 0 Å². The van der Waals surface area contributed by atoms with Gasteiger partial charge in [-0.15, -0.1) is 0 Å². The van der Waals surface area contributed by atoms with Gasteiger partial charge < -0.3 is 14.7 Å². The first-order valence-electron chi connectivity index (χ1n) is 5.73. The smallest absolute Gasteiger partial charge is 0.0622 e. The maximum absolute atomic E-state index is 9.72. The standard InChI is InChI=1S/C11H21NO2/c1-12(10-5-6-14-8-10)7-9-3-2-4-11(9)13/h9-11,13H,2-8H2,1H3. The third-order valence-corrected chi connectivity index (χ3v) is 3.67. The maximum atomic E-state index is 9.72. The quantitative estimate of drug-likeness (QED) is 0.732. The fraction of sp³-hybridized carbons (Fsp3) is 1.00. The van der Waals surface area contributed by atoms with Crippen molar-refractivity contribution >= 4 is 0 Å². The number of nitrogens with zero attached hydrogens (tertiary/aromatic N) is 1. The van der Waals surface area contributed by atoms with Crippen molar-refractivity contribution in [3.8, 4) is 0 Å². The molecule has 1 N–H and O–H groups in total. The van der Waals surface area contributed by atoms with E-state index in [1.807, 2.05) is 0 Å². The number of hydrogen-bond acceptors (Lipinski definition) is 3. The monoisotopic (exact) mass is 199 g/mol. The summed E-state index contributed by atoms with van der Waals surface area (Å²) in [6, 6.07) is 0.586. The van der Waals surface area contributed by atoms with Gasteiger partial charge >= 0.3 is 0 Å². The Hall–Kier alpha value is -0.120. The number of ether oxygens (including phenoxy) is 1. The van der Waals surface area contributed by atoms with E-state index >= 15 is 0 Å². The highest BCUT2D eigenvalue weighted by Crippen LogP contribution is 2.27. The van der Waals surface area contributed by atoms with Crippen LogP contribution in [-0.4, -0.2) is 49.0 Å². The maximum Gasteiger partial charge on any atom is 0.0622 e. The highest BCUT2D eigenvalue weighted by atomic mass is 16.5. The van der Waals surface area contributed by atoms with Crippen molar-refractivity contribution < 1.29 is 9.84 Å². The van der Waals surface area contributed by atoms with Gasteiger partial charge in [-0.1, -0.05) is 6.42 Å². The highest BCUT2D eigenvalue weighted by Gasteiger charge is 2.29. The lowest BCUT2D eigenvalue weighted by molar-refractivity contribution is 0.0909. The largest absolute Gasteiger partial charge is 0.393 e. The lowest BCUT2D eigenvalue weighted by Gasteiger charge is -2.27. The van der Waals surface area contributed by atoms with Gasteiger partial charge in [0.2, 0.25) is 0 Å². The van der Waals surface area contributed by atoms with E-state index in [2.05, 4.69) is 11.9 Å². The molecule has 1 saturated carbocycles. The first-order valence-corrected chi connectivity index (χ1v) is 5.73. The molecule has 14 heavy (non-hydrogen) atoms. The van der Waals surface area contributed by atoms with Crippen LogP contribution < -0.4 is 0 Å². The molecule has 2 rings (SSSR count). The molecule has 0 aromatic carbocycles. The molecule has 0 bridgehead atoms. The minimum absolute atomic E-state index is 0.0558. The second kappa shape index (κ2) is 4.60. The van der Waals surface area contributed by atoms with Crippen LogP contribution in [0.2, 0.25) is 0 Å². The van der Waals surface area contributed by atoms with Gasteiger partial charge in [-0.25, -0.2) is 0 Å². The minimum Gasteiger partial charge on any atom is -0.393 e. The van der Waals surface area contributed by atoms with Gasteiger partial charge in [-0.05, 0) is 32.2 Å². The zero-order valence-corrected chi connectivity index (χ0v) is 8.98. The van der Waals surface area contributed by atoms with Crippen LogP contribution in [0.1, 0.15) is 25.7 Å². The van der Waals surface area contributed by atoms with Crippen molar-refractivity contribution in [3.05, 3.63) is 0 Å². The fourth-order valence-corrected chi connectivity index (χ4v) is 2.62. The Labute approximate surface area is 86.0 Å². The second-order valence-electron chi connectivity index (χ2n) is 4.72. The van der Waals surface area contributed by atoms with E-state index in [1.54, 1.807) is 0 Å². The molecule has 0 spiro atoms. The van der Waals surface area contributed by atoms with Crippen LogP contribution in [0, 0.1) is 5.92 Å². The first kappa shape index (κ1) is 10.4. The molecule has 2 aliphatic rings. The van der Waals surface area contributed by atoms with E-state index in [4.69, 9.17) is 4.74 Å². The summed E-state index contributed by atoms with van der Waals surface area (Å²) in [5.41, 5.74) is 0. The van der Waals surface area contributed by atoms with Crippen LogP contribution in [0.25, 0.3) is 0 Å². The fourth-order valence-electron chi connectivity index (χ4n) is 2.62. The van der Waals surface area contributed by atoms with Crippen LogP contribution >= 0.6 is 0 Å². The molecule has 3 atom stereocenters. The molecule has 2 fully saturated rings. The van der Waals surface area contributed by atoms with Crippen LogP contribution in [0.4, 0.5) is 0 Å². The average Bonchev–Trinajstić information content (AvgIpc) is 2.77. The van der Waals surface area contributed by atoms with Gasteiger partial charge in [0.15, 0.2) is 0 Å². The van der Waals surface area contributed by atoms with E-state index in [0.717, 1.165) is 32.6 Å². The number of hydrogen-bond donors (Lipinski definition) is 1. The SMILES string of the molecule is CN(CC1CCCC1O)C1CCOC1. The van der Waals surface area contributed by atoms with E-state index in [1.165, 1.54) is 12.8 Å². The van der Waals surface area contributed by atoms with Gasteiger partial charge in [0.1, 0.15) is 0 Å². The number of likely N-dealkylation sites (N-methyl/N-ethyl adjacent to an activating group) is 1. The Bertz CT molecular complexity index is 180. The summed E-state index contributed by atoms with van der Waals surface area (Å²) in [6.07, 6.45) is 4.48. The van der Waals surface area contributed by atoms with Crippen molar-refractivity contribution in [2.24, 2.45) is 5.92 Å². The van der Waals surface area contributed by atoms with Gasteiger partial charge in [0.05, 0.1) is 12.7 Å². The van der Waals surface area contributed by atoms with Crippen LogP contribution in [0.5, 0.6) is 0 Å². The van der Waals surface area contributed by atoms with Gasteiger partial charge in [-0.2, -0.15) is 0 Å². The molecule has 3 heteroatoms. The Morgan fingerprint density at radius 3 is 2.79 bits per heavy atom. The molecule has 82 valence electrons. The Kier molecular flexibility index (Phi) is 3.42. The summed E-state index contributed by atoms with van der Waals surface area (Å²) in [5.74, 6) is 0.501. The minimum atomic E-state index is -0.0558. The molecule has 1 aliphatic carbocycles. The molecule has 0 aromatic heterocycles. The summed E-state index contributed by atoms with van der Waals surface area (Å²) in [4.78, 5) is 2.37. The zero-order valence-electron chi connectivity index (χ0n) is 8.98. The molecular formula is C11H21NO2. The van der Waals surface area contributed by atoms with Gasteiger partial charge in [0.25, 0.3) is 0 Å².